The fourth-order valence-electron chi connectivity index (χ4n) is 2.02. The summed E-state index contributed by atoms with van der Waals surface area (Å²) < 4.78 is 0. The van der Waals surface area contributed by atoms with Crippen LogP contribution in [0.4, 0.5) is 0 Å². The van der Waals surface area contributed by atoms with E-state index in [1.807, 2.05) is 13.0 Å². The molecule has 1 aliphatic carbocycles. The molecule has 1 unspecified atom stereocenters. The Kier molecular flexibility index (Phi) is 3.10. The van der Waals surface area contributed by atoms with Gasteiger partial charge in [0, 0.05) is 29.3 Å². The quantitative estimate of drug-likeness (QED) is 0.739. The van der Waals surface area contributed by atoms with Crippen molar-refractivity contribution in [3.05, 3.63) is 34.3 Å². The van der Waals surface area contributed by atoms with Crippen LogP contribution in [-0.4, -0.2) is 11.6 Å². The molecule has 0 saturated heterocycles. The topological polar surface area (TPSA) is 34.1 Å². The molecule has 1 atom stereocenters. The molecule has 0 aromatic heterocycles. The van der Waals surface area contributed by atoms with Crippen molar-refractivity contribution in [3.63, 3.8) is 0 Å². The molecule has 0 N–H and O–H groups in total. The molecule has 0 aliphatic heterocycles. The van der Waals surface area contributed by atoms with Crippen molar-refractivity contribution in [2.24, 2.45) is 5.92 Å². The number of carbonyl (C=O) groups is 2. The molecular formula is C13H13ClO2. The second-order valence-electron chi connectivity index (χ2n) is 4.31. The van der Waals surface area contributed by atoms with Crippen molar-refractivity contribution in [1.29, 1.82) is 0 Å². The lowest BCUT2D eigenvalue weighted by molar-refractivity contribution is -0.117. The second kappa shape index (κ2) is 4.38. The van der Waals surface area contributed by atoms with Gasteiger partial charge in [0.2, 0.25) is 0 Å². The van der Waals surface area contributed by atoms with Crippen molar-refractivity contribution in [1.82, 2.24) is 0 Å². The van der Waals surface area contributed by atoms with E-state index in [1.165, 1.54) is 0 Å². The first kappa shape index (κ1) is 11.3. The molecule has 3 heteroatoms. The second-order valence-corrected chi connectivity index (χ2v) is 4.71. The zero-order valence-corrected chi connectivity index (χ0v) is 9.88. The molecule has 1 saturated carbocycles. The SMILES string of the molecule is Cc1ccc(C(=O)C2CCC(=O)C2)cc1Cl. The average molecular weight is 237 g/mol. The smallest absolute Gasteiger partial charge is 0.166 e. The third kappa shape index (κ3) is 2.17. The minimum Gasteiger partial charge on any atom is -0.300 e. The van der Waals surface area contributed by atoms with Crippen molar-refractivity contribution >= 4 is 23.2 Å². The van der Waals surface area contributed by atoms with E-state index < -0.39 is 0 Å². The molecule has 0 radical (unpaired) electrons. The van der Waals surface area contributed by atoms with Crippen LogP contribution in [0.2, 0.25) is 5.02 Å². The van der Waals surface area contributed by atoms with Crippen LogP contribution < -0.4 is 0 Å². The molecular weight excluding hydrogens is 224 g/mol. The highest BCUT2D eigenvalue weighted by Crippen LogP contribution is 2.27. The Morgan fingerprint density at radius 2 is 2.19 bits per heavy atom. The maximum Gasteiger partial charge on any atom is 0.166 e. The van der Waals surface area contributed by atoms with Crippen LogP contribution in [0.3, 0.4) is 0 Å². The van der Waals surface area contributed by atoms with E-state index in [0.717, 1.165) is 5.56 Å². The Labute approximate surface area is 99.6 Å². The van der Waals surface area contributed by atoms with E-state index >= 15 is 0 Å². The predicted octanol–water partition coefficient (Wildman–Crippen LogP) is 3.20. The first-order valence-corrected chi connectivity index (χ1v) is 5.78. The molecule has 16 heavy (non-hydrogen) atoms. The Hall–Kier alpha value is -1.15. The van der Waals surface area contributed by atoms with Crippen LogP contribution in [-0.2, 0) is 4.79 Å². The number of benzene rings is 1. The first-order valence-electron chi connectivity index (χ1n) is 5.40. The normalized spacial score (nSPS) is 20.1. The van der Waals surface area contributed by atoms with Gasteiger partial charge in [-0.1, -0.05) is 23.7 Å². The summed E-state index contributed by atoms with van der Waals surface area (Å²) in [5.41, 5.74) is 1.58. The van der Waals surface area contributed by atoms with E-state index in [1.54, 1.807) is 12.1 Å². The van der Waals surface area contributed by atoms with Crippen LogP contribution in [0, 0.1) is 12.8 Å². The largest absolute Gasteiger partial charge is 0.300 e. The summed E-state index contributed by atoms with van der Waals surface area (Å²) in [5, 5.41) is 0.607. The fraction of sp³-hybridized carbons (Fsp3) is 0.385. The van der Waals surface area contributed by atoms with E-state index in [9.17, 15) is 9.59 Å². The molecule has 1 aromatic rings. The van der Waals surface area contributed by atoms with Crippen LogP contribution in [0.25, 0.3) is 0 Å². The maximum atomic E-state index is 12.0. The van der Waals surface area contributed by atoms with Gasteiger partial charge in [0.15, 0.2) is 5.78 Å². The third-order valence-electron chi connectivity index (χ3n) is 3.07. The van der Waals surface area contributed by atoms with Crippen molar-refractivity contribution in [2.45, 2.75) is 26.2 Å². The summed E-state index contributed by atoms with van der Waals surface area (Å²) in [6.07, 6.45) is 1.61. The molecule has 2 nitrogen and oxygen atoms in total. The highest BCUT2D eigenvalue weighted by Gasteiger charge is 2.28. The van der Waals surface area contributed by atoms with Gasteiger partial charge in [-0.3, -0.25) is 9.59 Å². The molecule has 1 aliphatic rings. The van der Waals surface area contributed by atoms with Gasteiger partial charge in [-0.2, -0.15) is 0 Å². The van der Waals surface area contributed by atoms with Gasteiger partial charge in [0.1, 0.15) is 5.78 Å². The zero-order valence-electron chi connectivity index (χ0n) is 9.13. The standard InChI is InChI=1S/C13H13ClO2/c1-8-2-3-10(7-12(8)14)13(16)9-4-5-11(15)6-9/h2-3,7,9H,4-6H2,1H3. The molecule has 1 aromatic carbocycles. The molecule has 1 fully saturated rings. The number of hydrogen-bond donors (Lipinski definition) is 0. The Morgan fingerprint density at radius 3 is 2.75 bits per heavy atom. The van der Waals surface area contributed by atoms with E-state index in [0.29, 0.717) is 29.8 Å². The number of ketones is 2. The molecule has 0 spiro atoms. The number of carbonyl (C=O) groups excluding carboxylic acids is 2. The summed E-state index contributed by atoms with van der Waals surface area (Å²) in [5.74, 6) is 0.107. The van der Waals surface area contributed by atoms with Crippen molar-refractivity contribution in [2.75, 3.05) is 0 Å². The Balaban J connectivity index is 2.21. The van der Waals surface area contributed by atoms with Crippen LogP contribution in [0.15, 0.2) is 18.2 Å². The zero-order chi connectivity index (χ0) is 11.7. The van der Waals surface area contributed by atoms with Gasteiger partial charge in [-0.05, 0) is 25.0 Å². The summed E-state index contributed by atoms with van der Waals surface area (Å²) >= 11 is 5.97. The van der Waals surface area contributed by atoms with Crippen LogP contribution in [0.5, 0.6) is 0 Å². The monoisotopic (exact) mass is 236 g/mol. The van der Waals surface area contributed by atoms with Crippen molar-refractivity contribution < 1.29 is 9.59 Å². The fourth-order valence-corrected chi connectivity index (χ4v) is 2.20. The molecule has 0 amide bonds. The van der Waals surface area contributed by atoms with Gasteiger partial charge < -0.3 is 0 Å². The van der Waals surface area contributed by atoms with Gasteiger partial charge in [0.05, 0.1) is 0 Å². The minimum absolute atomic E-state index is 0.0488. The van der Waals surface area contributed by atoms with E-state index in [4.69, 9.17) is 11.6 Å². The molecule has 0 heterocycles. The van der Waals surface area contributed by atoms with E-state index in [2.05, 4.69) is 0 Å². The minimum atomic E-state index is -0.133. The van der Waals surface area contributed by atoms with Crippen molar-refractivity contribution in [3.8, 4) is 0 Å². The van der Waals surface area contributed by atoms with Gasteiger partial charge in [-0.25, -0.2) is 0 Å². The number of hydrogen-bond acceptors (Lipinski definition) is 2. The average Bonchev–Trinajstić information content (AvgIpc) is 2.68. The Morgan fingerprint density at radius 1 is 1.44 bits per heavy atom. The molecule has 0 bridgehead atoms. The third-order valence-corrected chi connectivity index (χ3v) is 3.48. The van der Waals surface area contributed by atoms with E-state index in [-0.39, 0.29) is 17.5 Å². The van der Waals surface area contributed by atoms with Gasteiger partial charge in [0.25, 0.3) is 0 Å². The Bertz CT molecular complexity index is 451. The van der Waals surface area contributed by atoms with Crippen LogP contribution >= 0.6 is 11.6 Å². The lowest BCUT2D eigenvalue weighted by atomic mass is 9.96. The highest BCUT2D eigenvalue weighted by molar-refractivity contribution is 6.31. The summed E-state index contributed by atoms with van der Waals surface area (Å²) in [4.78, 5) is 23.2. The summed E-state index contributed by atoms with van der Waals surface area (Å²) in [7, 11) is 0. The van der Waals surface area contributed by atoms with Gasteiger partial charge >= 0.3 is 0 Å². The lowest BCUT2D eigenvalue weighted by Crippen LogP contribution is -2.11. The number of aryl methyl sites for hydroxylation is 1. The summed E-state index contributed by atoms with van der Waals surface area (Å²) in [6, 6.07) is 5.32. The molecule has 84 valence electrons. The molecule has 2 rings (SSSR count). The lowest BCUT2D eigenvalue weighted by Gasteiger charge is -2.08. The maximum absolute atomic E-state index is 12.0. The number of rotatable bonds is 2. The van der Waals surface area contributed by atoms with Crippen LogP contribution in [0.1, 0.15) is 35.2 Å². The first-order chi connectivity index (χ1) is 7.58. The van der Waals surface area contributed by atoms with Gasteiger partial charge in [-0.15, -0.1) is 0 Å². The number of Topliss-reactive ketones (excluding diaryl/α,β-unsaturated/α-hetero) is 2. The summed E-state index contributed by atoms with van der Waals surface area (Å²) in [6.45, 7) is 1.90. The number of halogens is 1. The predicted molar refractivity (Wildman–Crippen MR) is 62.9 cm³/mol. The highest BCUT2D eigenvalue weighted by atomic mass is 35.5.